The summed E-state index contributed by atoms with van der Waals surface area (Å²) in [6.07, 6.45) is 2.09. The first kappa shape index (κ1) is 12.7. The Bertz CT molecular complexity index is 593. The quantitative estimate of drug-likeness (QED) is 0.912. The maximum atomic E-state index is 12.3. The third-order valence-electron chi connectivity index (χ3n) is 3.95. The zero-order valence-electron chi connectivity index (χ0n) is 11.3. The van der Waals surface area contributed by atoms with Gasteiger partial charge in [0.2, 0.25) is 0 Å². The number of aromatic nitrogens is 1. The minimum atomic E-state index is 0.0560. The zero-order chi connectivity index (χ0) is 13.4. The first-order valence-corrected chi connectivity index (χ1v) is 7.55. The van der Waals surface area contributed by atoms with Gasteiger partial charge in [0.05, 0.1) is 10.2 Å². The predicted octanol–water partition coefficient (Wildman–Crippen LogP) is 2.06. The second-order valence-electron chi connectivity index (χ2n) is 5.31. The molecule has 1 amide bonds. The van der Waals surface area contributed by atoms with Crippen molar-refractivity contribution < 1.29 is 4.79 Å². The Morgan fingerprint density at radius 3 is 2.79 bits per heavy atom. The molecule has 0 bridgehead atoms. The van der Waals surface area contributed by atoms with Gasteiger partial charge >= 0.3 is 0 Å². The number of nitrogens with one attached hydrogen (secondary N) is 1. The van der Waals surface area contributed by atoms with E-state index in [1.807, 2.05) is 17.7 Å². The maximum Gasteiger partial charge on any atom is 0.268 e. The van der Waals surface area contributed by atoms with E-state index in [1.54, 1.807) is 11.3 Å². The largest absolute Gasteiger partial charge is 0.348 e. The minimum Gasteiger partial charge on any atom is -0.348 e. The molecule has 19 heavy (non-hydrogen) atoms. The molecule has 1 aliphatic rings. The van der Waals surface area contributed by atoms with Crippen molar-refractivity contribution in [3.63, 3.8) is 0 Å². The van der Waals surface area contributed by atoms with Crippen LogP contribution in [0.15, 0.2) is 17.5 Å². The van der Waals surface area contributed by atoms with Crippen LogP contribution in [0.4, 0.5) is 0 Å². The van der Waals surface area contributed by atoms with E-state index in [0.29, 0.717) is 6.04 Å². The molecule has 0 radical (unpaired) electrons. The number of carbonyl (C=O) groups is 1. The van der Waals surface area contributed by atoms with Gasteiger partial charge < -0.3 is 14.8 Å². The van der Waals surface area contributed by atoms with Crippen molar-refractivity contribution in [1.82, 2.24) is 14.8 Å². The van der Waals surface area contributed by atoms with E-state index in [1.165, 1.54) is 4.70 Å². The van der Waals surface area contributed by atoms with Gasteiger partial charge in [0, 0.05) is 13.1 Å². The Labute approximate surface area is 117 Å². The highest BCUT2D eigenvalue weighted by molar-refractivity contribution is 7.17. The van der Waals surface area contributed by atoms with Crippen LogP contribution in [-0.4, -0.2) is 41.6 Å². The van der Waals surface area contributed by atoms with Crippen molar-refractivity contribution in [3.05, 3.63) is 23.2 Å². The molecular formula is C14H19N3OS. The van der Waals surface area contributed by atoms with E-state index in [9.17, 15) is 4.79 Å². The summed E-state index contributed by atoms with van der Waals surface area (Å²) in [5, 5.41) is 5.22. The second-order valence-corrected chi connectivity index (χ2v) is 6.26. The van der Waals surface area contributed by atoms with Gasteiger partial charge in [0.25, 0.3) is 5.91 Å². The van der Waals surface area contributed by atoms with Crippen LogP contribution in [0.1, 0.15) is 23.3 Å². The molecule has 2 aromatic heterocycles. The standard InChI is InChI=1S/C14H19N3OS/c1-16-6-3-10(4-7-16)15-14(18)12-9-13-11(17(12)2)5-8-19-13/h5,8-10H,3-4,6-7H2,1-2H3,(H,15,18). The van der Waals surface area contributed by atoms with E-state index in [2.05, 4.69) is 28.7 Å². The van der Waals surface area contributed by atoms with Crippen LogP contribution in [-0.2, 0) is 7.05 Å². The van der Waals surface area contributed by atoms with Crippen LogP contribution in [0.3, 0.4) is 0 Å². The fraction of sp³-hybridized carbons (Fsp3) is 0.500. The monoisotopic (exact) mass is 277 g/mol. The molecule has 1 N–H and O–H groups in total. The highest BCUT2D eigenvalue weighted by Crippen LogP contribution is 2.24. The van der Waals surface area contributed by atoms with E-state index in [-0.39, 0.29) is 5.91 Å². The molecule has 0 spiro atoms. The molecule has 1 aliphatic heterocycles. The molecule has 0 unspecified atom stereocenters. The number of aryl methyl sites for hydroxylation is 1. The minimum absolute atomic E-state index is 0.0560. The smallest absolute Gasteiger partial charge is 0.268 e. The maximum absolute atomic E-state index is 12.3. The third-order valence-corrected chi connectivity index (χ3v) is 4.80. The van der Waals surface area contributed by atoms with Gasteiger partial charge in [-0.25, -0.2) is 0 Å². The highest BCUT2D eigenvalue weighted by atomic mass is 32.1. The number of rotatable bonds is 2. The number of fused-ring (bicyclic) bond motifs is 1. The summed E-state index contributed by atoms with van der Waals surface area (Å²) in [6, 6.07) is 4.37. The van der Waals surface area contributed by atoms with Crippen molar-refractivity contribution >= 4 is 27.5 Å². The normalized spacial score (nSPS) is 18.0. The zero-order valence-corrected chi connectivity index (χ0v) is 12.2. The van der Waals surface area contributed by atoms with E-state index in [4.69, 9.17) is 0 Å². The first-order valence-electron chi connectivity index (χ1n) is 6.67. The van der Waals surface area contributed by atoms with Gasteiger partial charge in [0.15, 0.2) is 0 Å². The number of likely N-dealkylation sites (tertiary alicyclic amines) is 1. The Balaban J connectivity index is 1.73. The summed E-state index contributed by atoms with van der Waals surface area (Å²) < 4.78 is 3.16. The molecule has 5 heteroatoms. The lowest BCUT2D eigenvalue weighted by Crippen LogP contribution is -2.43. The van der Waals surface area contributed by atoms with Crippen LogP contribution in [0, 0.1) is 0 Å². The predicted molar refractivity (Wildman–Crippen MR) is 78.8 cm³/mol. The summed E-state index contributed by atoms with van der Waals surface area (Å²) >= 11 is 1.68. The number of piperidine rings is 1. The lowest BCUT2D eigenvalue weighted by Gasteiger charge is -2.29. The molecule has 3 rings (SSSR count). The average molecular weight is 277 g/mol. The number of nitrogens with zero attached hydrogens (tertiary/aromatic N) is 2. The second kappa shape index (κ2) is 4.98. The van der Waals surface area contributed by atoms with E-state index < -0.39 is 0 Å². The summed E-state index contributed by atoms with van der Waals surface area (Å²) in [4.78, 5) is 14.6. The molecular weight excluding hydrogens is 258 g/mol. The van der Waals surface area contributed by atoms with Crippen LogP contribution in [0.5, 0.6) is 0 Å². The fourth-order valence-corrected chi connectivity index (χ4v) is 3.53. The molecule has 1 fully saturated rings. The van der Waals surface area contributed by atoms with E-state index in [0.717, 1.165) is 37.1 Å². The lowest BCUT2D eigenvalue weighted by molar-refractivity contribution is 0.0909. The van der Waals surface area contributed by atoms with Crippen LogP contribution < -0.4 is 5.32 Å². The SMILES string of the molecule is CN1CCC(NC(=O)c2cc3sccc3n2C)CC1. The van der Waals surface area contributed by atoms with Crippen molar-refractivity contribution in [1.29, 1.82) is 0 Å². The topological polar surface area (TPSA) is 37.3 Å². The molecule has 2 aromatic rings. The summed E-state index contributed by atoms with van der Waals surface area (Å²) in [7, 11) is 4.09. The van der Waals surface area contributed by atoms with Gasteiger partial charge in [-0.3, -0.25) is 4.79 Å². The van der Waals surface area contributed by atoms with Crippen LogP contribution in [0.2, 0.25) is 0 Å². The number of thiophene rings is 1. The van der Waals surface area contributed by atoms with Crippen molar-refractivity contribution in [2.75, 3.05) is 20.1 Å². The Hall–Kier alpha value is -1.33. The van der Waals surface area contributed by atoms with Crippen LogP contribution >= 0.6 is 11.3 Å². The average Bonchev–Trinajstić information content (AvgIpc) is 2.96. The highest BCUT2D eigenvalue weighted by Gasteiger charge is 2.21. The number of hydrogen-bond acceptors (Lipinski definition) is 3. The molecule has 0 aliphatic carbocycles. The molecule has 0 saturated carbocycles. The Kier molecular flexibility index (Phi) is 3.33. The molecule has 4 nitrogen and oxygen atoms in total. The lowest BCUT2D eigenvalue weighted by atomic mass is 10.1. The molecule has 3 heterocycles. The molecule has 0 atom stereocenters. The first-order chi connectivity index (χ1) is 9.15. The number of carbonyl (C=O) groups excluding carboxylic acids is 1. The number of amides is 1. The third kappa shape index (κ3) is 2.40. The Morgan fingerprint density at radius 2 is 2.11 bits per heavy atom. The summed E-state index contributed by atoms with van der Waals surface area (Å²) in [6.45, 7) is 2.13. The van der Waals surface area contributed by atoms with Crippen LogP contribution in [0.25, 0.3) is 10.2 Å². The van der Waals surface area contributed by atoms with Crippen molar-refractivity contribution in [3.8, 4) is 0 Å². The van der Waals surface area contributed by atoms with Gasteiger partial charge in [-0.1, -0.05) is 0 Å². The molecule has 102 valence electrons. The van der Waals surface area contributed by atoms with Gasteiger partial charge in [-0.15, -0.1) is 11.3 Å². The molecule has 0 aromatic carbocycles. The van der Waals surface area contributed by atoms with Gasteiger partial charge in [0.1, 0.15) is 5.69 Å². The number of hydrogen-bond donors (Lipinski definition) is 1. The summed E-state index contributed by atoms with van der Waals surface area (Å²) in [5.41, 5.74) is 1.90. The molecule has 1 saturated heterocycles. The van der Waals surface area contributed by atoms with Gasteiger partial charge in [-0.05, 0) is 50.5 Å². The fourth-order valence-electron chi connectivity index (χ4n) is 2.68. The Morgan fingerprint density at radius 1 is 1.37 bits per heavy atom. The van der Waals surface area contributed by atoms with Crippen molar-refractivity contribution in [2.24, 2.45) is 7.05 Å². The van der Waals surface area contributed by atoms with E-state index >= 15 is 0 Å². The van der Waals surface area contributed by atoms with Crippen molar-refractivity contribution in [2.45, 2.75) is 18.9 Å². The summed E-state index contributed by atoms with van der Waals surface area (Å²) in [5.74, 6) is 0.0560. The van der Waals surface area contributed by atoms with Gasteiger partial charge in [-0.2, -0.15) is 0 Å².